The largest absolute Gasteiger partial charge is 0.323 e. The number of piperidine rings is 1. The monoisotopic (exact) mass is 295 g/mol. The molecule has 0 radical (unpaired) electrons. The number of benzene rings is 1. The number of amides is 1. The number of carbonyl (C=O) groups is 1. The van der Waals surface area contributed by atoms with Crippen molar-refractivity contribution in [2.45, 2.75) is 26.2 Å². The molecular formula is C14H18FN3O3. The number of nitro benzene ring substituents is 1. The summed E-state index contributed by atoms with van der Waals surface area (Å²) in [6.07, 6.45) is 2.22. The lowest BCUT2D eigenvalue weighted by Crippen LogP contribution is -2.47. The minimum Gasteiger partial charge on any atom is -0.323 e. The van der Waals surface area contributed by atoms with Crippen molar-refractivity contribution in [2.24, 2.45) is 5.41 Å². The van der Waals surface area contributed by atoms with Crippen LogP contribution in [0.4, 0.5) is 15.8 Å². The predicted molar refractivity (Wildman–Crippen MR) is 76.5 cm³/mol. The number of carbonyl (C=O) groups excluding carboxylic acids is 1. The van der Waals surface area contributed by atoms with Crippen LogP contribution in [-0.2, 0) is 4.79 Å². The van der Waals surface area contributed by atoms with Gasteiger partial charge in [-0.2, -0.15) is 0 Å². The molecule has 114 valence electrons. The van der Waals surface area contributed by atoms with Crippen molar-refractivity contribution in [3.8, 4) is 0 Å². The molecule has 1 atom stereocenters. The molecule has 0 spiro atoms. The number of anilines is 1. The van der Waals surface area contributed by atoms with Gasteiger partial charge >= 0.3 is 0 Å². The molecule has 1 amide bonds. The molecule has 1 heterocycles. The van der Waals surface area contributed by atoms with Crippen LogP contribution in [0.2, 0.25) is 0 Å². The van der Waals surface area contributed by atoms with Gasteiger partial charge in [0.2, 0.25) is 5.91 Å². The number of rotatable bonds is 4. The van der Waals surface area contributed by atoms with E-state index in [-0.39, 0.29) is 17.3 Å². The Balaban J connectivity index is 2.22. The maximum absolute atomic E-state index is 13.7. The summed E-state index contributed by atoms with van der Waals surface area (Å²) in [6, 6.07) is 3.11. The van der Waals surface area contributed by atoms with Gasteiger partial charge in [-0.3, -0.25) is 14.9 Å². The second-order valence-electron chi connectivity index (χ2n) is 5.29. The summed E-state index contributed by atoms with van der Waals surface area (Å²) >= 11 is 0. The zero-order chi connectivity index (χ0) is 15.5. The molecule has 1 unspecified atom stereocenters. The van der Waals surface area contributed by atoms with Gasteiger partial charge in [0.1, 0.15) is 5.82 Å². The summed E-state index contributed by atoms with van der Waals surface area (Å²) < 4.78 is 13.7. The van der Waals surface area contributed by atoms with Gasteiger partial charge < -0.3 is 10.6 Å². The van der Waals surface area contributed by atoms with Crippen LogP contribution in [-0.4, -0.2) is 23.9 Å². The molecule has 1 aliphatic rings. The van der Waals surface area contributed by atoms with Gasteiger partial charge in [-0.05, 0) is 31.9 Å². The van der Waals surface area contributed by atoms with Crippen LogP contribution in [0.3, 0.4) is 0 Å². The lowest BCUT2D eigenvalue weighted by Gasteiger charge is -2.35. The highest BCUT2D eigenvalue weighted by Crippen LogP contribution is 2.32. The highest BCUT2D eigenvalue weighted by atomic mass is 19.1. The molecule has 1 aliphatic heterocycles. The fraction of sp³-hybridized carbons (Fsp3) is 0.500. The Bertz CT molecular complexity index is 556. The van der Waals surface area contributed by atoms with E-state index in [0.717, 1.165) is 37.6 Å². The van der Waals surface area contributed by atoms with Crippen LogP contribution < -0.4 is 10.6 Å². The van der Waals surface area contributed by atoms with Gasteiger partial charge in [0.05, 0.1) is 16.0 Å². The Morgan fingerprint density at radius 1 is 1.57 bits per heavy atom. The topological polar surface area (TPSA) is 84.3 Å². The number of hydrogen-bond acceptors (Lipinski definition) is 4. The van der Waals surface area contributed by atoms with E-state index in [0.29, 0.717) is 13.0 Å². The van der Waals surface area contributed by atoms with Gasteiger partial charge in [-0.1, -0.05) is 6.92 Å². The maximum atomic E-state index is 13.7. The van der Waals surface area contributed by atoms with Crippen molar-refractivity contribution in [3.05, 3.63) is 34.1 Å². The average molecular weight is 295 g/mol. The summed E-state index contributed by atoms with van der Waals surface area (Å²) in [5.74, 6) is -0.972. The van der Waals surface area contributed by atoms with E-state index < -0.39 is 16.2 Å². The Hall–Kier alpha value is -2.02. The molecule has 0 bridgehead atoms. The molecule has 6 nitrogen and oxygen atoms in total. The lowest BCUT2D eigenvalue weighted by atomic mass is 9.77. The van der Waals surface area contributed by atoms with Crippen LogP contribution in [0.5, 0.6) is 0 Å². The summed E-state index contributed by atoms with van der Waals surface area (Å²) in [5.41, 5.74) is -0.985. The van der Waals surface area contributed by atoms with Crippen LogP contribution in [0.25, 0.3) is 0 Å². The molecule has 1 fully saturated rings. The molecule has 7 heteroatoms. The van der Waals surface area contributed by atoms with Gasteiger partial charge in [-0.15, -0.1) is 0 Å². The van der Waals surface area contributed by atoms with E-state index in [1.807, 2.05) is 6.92 Å². The highest BCUT2D eigenvalue weighted by Gasteiger charge is 2.38. The highest BCUT2D eigenvalue weighted by molar-refractivity contribution is 5.96. The third-order valence-electron chi connectivity index (χ3n) is 4.04. The fourth-order valence-corrected chi connectivity index (χ4v) is 2.60. The summed E-state index contributed by atoms with van der Waals surface area (Å²) in [7, 11) is 0. The van der Waals surface area contributed by atoms with E-state index in [1.54, 1.807) is 0 Å². The molecule has 0 aromatic heterocycles. The van der Waals surface area contributed by atoms with E-state index >= 15 is 0 Å². The maximum Gasteiger partial charge on any atom is 0.271 e. The standard InChI is InChI=1S/C14H18FN3O3/c1-2-14(6-3-7-16-9-14)13(19)17-12-8-10(18(20)21)4-5-11(12)15/h4-5,8,16H,2-3,6-7,9H2,1H3,(H,17,19). The summed E-state index contributed by atoms with van der Waals surface area (Å²) in [5, 5.41) is 16.4. The number of nitro groups is 1. The molecule has 1 saturated heterocycles. The SMILES string of the molecule is CCC1(C(=O)Nc2cc([N+](=O)[O-])ccc2F)CCCNC1. The van der Waals surface area contributed by atoms with Crippen LogP contribution >= 0.6 is 0 Å². The Labute approximate surface area is 121 Å². The Morgan fingerprint density at radius 3 is 2.90 bits per heavy atom. The fourth-order valence-electron chi connectivity index (χ4n) is 2.60. The van der Waals surface area contributed by atoms with Gasteiger partial charge in [0.15, 0.2) is 0 Å². The first-order valence-electron chi connectivity index (χ1n) is 6.94. The Kier molecular flexibility index (Phi) is 4.52. The lowest BCUT2D eigenvalue weighted by molar-refractivity contribution is -0.384. The summed E-state index contributed by atoms with van der Waals surface area (Å²) in [4.78, 5) is 22.6. The molecule has 1 aromatic rings. The normalized spacial score (nSPS) is 21.8. The first-order valence-corrected chi connectivity index (χ1v) is 6.94. The zero-order valence-electron chi connectivity index (χ0n) is 11.8. The van der Waals surface area contributed by atoms with Gasteiger partial charge in [-0.25, -0.2) is 4.39 Å². The second kappa shape index (κ2) is 6.17. The van der Waals surface area contributed by atoms with Gasteiger partial charge in [0.25, 0.3) is 5.69 Å². The third-order valence-corrected chi connectivity index (χ3v) is 4.04. The molecule has 2 rings (SSSR count). The number of halogens is 1. The van der Waals surface area contributed by atoms with Gasteiger partial charge in [0, 0.05) is 18.7 Å². The van der Waals surface area contributed by atoms with Crippen molar-refractivity contribution in [1.29, 1.82) is 0 Å². The minimum absolute atomic E-state index is 0.146. The average Bonchev–Trinajstić information content (AvgIpc) is 2.49. The molecule has 21 heavy (non-hydrogen) atoms. The van der Waals surface area contributed by atoms with E-state index in [4.69, 9.17) is 0 Å². The third kappa shape index (κ3) is 3.18. The Morgan fingerprint density at radius 2 is 2.33 bits per heavy atom. The van der Waals surface area contributed by atoms with Crippen LogP contribution in [0.1, 0.15) is 26.2 Å². The summed E-state index contributed by atoms with van der Waals surface area (Å²) in [6.45, 7) is 3.31. The molecule has 0 aliphatic carbocycles. The number of hydrogen-bond donors (Lipinski definition) is 2. The first-order chi connectivity index (χ1) is 9.98. The van der Waals surface area contributed by atoms with Crippen molar-refractivity contribution in [3.63, 3.8) is 0 Å². The molecule has 0 saturated carbocycles. The van der Waals surface area contributed by atoms with E-state index in [9.17, 15) is 19.3 Å². The smallest absolute Gasteiger partial charge is 0.271 e. The quantitative estimate of drug-likeness (QED) is 0.660. The van der Waals surface area contributed by atoms with Crippen molar-refractivity contribution < 1.29 is 14.1 Å². The van der Waals surface area contributed by atoms with Crippen LogP contribution in [0, 0.1) is 21.3 Å². The van der Waals surface area contributed by atoms with E-state index in [2.05, 4.69) is 10.6 Å². The van der Waals surface area contributed by atoms with Crippen molar-refractivity contribution in [2.75, 3.05) is 18.4 Å². The molecule has 1 aromatic carbocycles. The minimum atomic E-state index is -0.677. The molecular weight excluding hydrogens is 277 g/mol. The zero-order valence-corrected chi connectivity index (χ0v) is 11.8. The van der Waals surface area contributed by atoms with Crippen LogP contribution in [0.15, 0.2) is 18.2 Å². The van der Waals surface area contributed by atoms with E-state index in [1.165, 1.54) is 0 Å². The second-order valence-corrected chi connectivity index (χ2v) is 5.29. The van der Waals surface area contributed by atoms with Crippen molar-refractivity contribution in [1.82, 2.24) is 5.32 Å². The first kappa shape index (κ1) is 15.4. The predicted octanol–water partition coefficient (Wildman–Crippen LogP) is 2.45. The number of nitrogens with one attached hydrogen (secondary N) is 2. The van der Waals surface area contributed by atoms with Crippen molar-refractivity contribution >= 4 is 17.3 Å². The molecule has 2 N–H and O–H groups in total. The number of nitrogens with zero attached hydrogens (tertiary/aromatic N) is 1. The number of non-ortho nitro benzene ring substituents is 1.